The summed E-state index contributed by atoms with van der Waals surface area (Å²) in [4.78, 5) is 37.2. The fourth-order valence-corrected chi connectivity index (χ4v) is 12.5. The summed E-state index contributed by atoms with van der Waals surface area (Å²) in [7, 11) is 0. The van der Waals surface area contributed by atoms with Crippen LogP contribution >= 0.6 is 34.0 Å². The molecule has 0 saturated heterocycles. The minimum Gasteiger partial charge on any atom is -0.459 e. The Labute approximate surface area is 325 Å². The molecular weight excluding hydrogens is 699 g/mol. The minimum atomic E-state index is -0.225. The number of furan rings is 1. The zero-order valence-corrected chi connectivity index (χ0v) is 35.2. The number of fused-ring (bicyclic) bond motifs is 4. The van der Waals surface area contributed by atoms with Crippen LogP contribution < -0.4 is 0 Å². The summed E-state index contributed by atoms with van der Waals surface area (Å²) in [5.74, 6) is 1.42. The quantitative estimate of drug-likeness (QED) is 0.0592. The van der Waals surface area contributed by atoms with Gasteiger partial charge in [-0.15, -0.1) is 34.0 Å². The van der Waals surface area contributed by atoms with Crippen LogP contribution in [-0.2, 0) is 11.8 Å². The first-order valence-electron chi connectivity index (χ1n) is 20.6. The van der Waals surface area contributed by atoms with E-state index < -0.39 is 0 Å². The number of thiophene rings is 3. The highest BCUT2D eigenvalue weighted by Gasteiger charge is 2.50. The standard InChI is InChI=1S/C45H61NO3S3/c1-7-11-15-17-18-20-26-46-43(47)38-31(6)49-40(39(38)44(46)48)36-28-35-42(52-36)41-34(27-30(5)50-41)45(35,37-25-24-33(51-37)23-14-10-4)29-32(21-13-9-3)22-19-16-12-8-2/h24-25,27-28,32H,7-23,26,29H2,1-6H3. The average Bonchev–Trinajstić information content (AvgIpc) is 3.98. The molecule has 4 nitrogen and oxygen atoms in total. The van der Waals surface area contributed by atoms with Gasteiger partial charge in [-0.3, -0.25) is 14.5 Å². The Hall–Kier alpha value is -2.48. The van der Waals surface area contributed by atoms with E-state index in [1.165, 1.54) is 124 Å². The van der Waals surface area contributed by atoms with Crippen molar-refractivity contribution in [2.45, 2.75) is 163 Å². The van der Waals surface area contributed by atoms with Crippen molar-refractivity contribution >= 4 is 45.8 Å². The third-order valence-corrected chi connectivity index (χ3v) is 15.2. The van der Waals surface area contributed by atoms with E-state index in [1.54, 1.807) is 11.3 Å². The molecule has 0 aromatic carbocycles. The monoisotopic (exact) mass is 759 g/mol. The van der Waals surface area contributed by atoms with Crippen LogP contribution in [0.15, 0.2) is 28.7 Å². The Balaban J connectivity index is 1.41. The van der Waals surface area contributed by atoms with E-state index >= 15 is 0 Å². The Morgan fingerprint density at radius 3 is 2.08 bits per heavy atom. The number of nitrogens with zero attached hydrogens (tertiary/aromatic N) is 1. The van der Waals surface area contributed by atoms with Gasteiger partial charge in [0.1, 0.15) is 11.3 Å². The predicted octanol–water partition coefficient (Wildman–Crippen LogP) is 14.5. The highest BCUT2D eigenvalue weighted by molar-refractivity contribution is 7.24. The summed E-state index contributed by atoms with van der Waals surface area (Å²) in [5.41, 5.74) is 3.60. The Bertz CT molecular complexity index is 1820. The van der Waals surface area contributed by atoms with Gasteiger partial charge in [-0.05, 0) is 80.8 Å². The maximum Gasteiger partial charge on any atom is 0.265 e. The zero-order valence-electron chi connectivity index (χ0n) is 32.7. The summed E-state index contributed by atoms with van der Waals surface area (Å²) in [5, 5.41) is 0. The number of unbranched alkanes of at least 4 members (excludes halogenated alkanes) is 10. The lowest BCUT2D eigenvalue weighted by Gasteiger charge is -2.34. The second-order valence-corrected chi connectivity index (χ2v) is 19.0. The predicted molar refractivity (Wildman–Crippen MR) is 223 cm³/mol. The fourth-order valence-electron chi connectivity index (χ4n) is 8.74. The van der Waals surface area contributed by atoms with E-state index in [0.29, 0.717) is 35.1 Å². The van der Waals surface area contributed by atoms with E-state index in [0.717, 1.165) is 37.0 Å². The first kappa shape index (κ1) is 39.2. The molecule has 282 valence electrons. The molecule has 6 rings (SSSR count). The van der Waals surface area contributed by atoms with Gasteiger partial charge in [0.2, 0.25) is 0 Å². The molecule has 1 aliphatic heterocycles. The van der Waals surface area contributed by atoms with Crippen molar-refractivity contribution in [1.29, 1.82) is 0 Å². The number of carbonyl (C=O) groups excluding carboxylic acids is 2. The summed E-state index contributed by atoms with van der Waals surface area (Å²) < 4.78 is 6.44. The van der Waals surface area contributed by atoms with Crippen LogP contribution in [0.2, 0.25) is 0 Å². The van der Waals surface area contributed by atoms with Crippen LogP contribution in [0.5, 0.6) is 0 Å². The topological polar surface area (TPSA) is 50.5 Å². The van der Waals surface area contributed by atoms with Gasteiger partial charge in [0.05, 0.1) is 15.9 Å². The van der Waals surface area contributed by atoms with E-state index in [-0.39, 0.29) is 17.2 Å². The molecule has 2 atom stereocenters. The number of imide groups is 1. The largest absolute Gasteiger partial charge is 0.459 e. The molecule has 5 heterocycles. The summed E-state index contributed by atoms with van der Waals surface area (Å²) in [6.45, 7) is 13.7. The van der Waals surface area contributed by atoms with Gasteiger partial charge in [-0.25, -0.2) is 0 Å². The van der Waals surface area contributed by atoms with Crippen LogP contribution in [0.3, 0.4) is 0 Å². The van der Waals surface area contributed by atoms with Gasteiger partial charge in [-0.1, -0.05) is 118 Å². The number of amides is 2. The lowest BCUT2D eigenvalue weighted by atomic mass is 9.69. The molecule has 2 unspecified atom stereocenters. The van der Waals surface area contributed by atoms with E-state index in [9.17, 15) is 9.59 Å². The van der Waals surface area contributed by atoms with E-state index in [4.69, 9.17) is 4.42 Å². The van der Waals surface area contributed by atoms with Gasteiger partial charge >= 0.3 is 0 Å². The molecule has 0 bridgehead atoms. The first-order chi connectivity index (χ1) is 25.3. The molecule has 1 aliphatic carbocycles. The maximum absolute atomic E-state index is 14.0. The van der Waals surface area contributed by atoms with Crippen molar-refractivity contribution in [2.24, 2.45) is 5.92 Å². The molecule has 52 heavy (non-hydrogen) atoms. The summed E-state index contributed by atoms with van der Waals surface area (Å²) >= 11 is 5.72. The molecule has 0 fully saturated rings. The number of aryl methyl sites for hydroxylation is 3. The Morgan fingerprint density at radius 1 is 0.692 bits per heavy atom. The van der Waals surface area contributed by atoms with Gasteiger partial charge in [0.15, 0.2) is 5.76 Å². The highest BCUT2D eigenvalue weighted by atomic mass is 32.1. The molecule has 2 amide bonds. The molecule has 2 aliphatic rings. The summed E-state index contributed by atoms with van der Waals surface area (Å²) in [6.07, 6.45) is 21.6. The third kappa shape index (κ3) is 7.71. The molecule has 0 saturated carbocycles. The maximum atomic E-state index is 14.0. The SMILES string of the molecule is CCCCCCCCN1C(=O)c2c(C)oc(-c3cc4c(s3)-c3sc(C)cc3C4(CC(CCCC)CCCCCC)c3ccc(CCCC)s3)c2C1=O. The molecule has 4 aromatic heterocycles. The lowest BCUT2D eigenvalue weighted by Crippen LogP contribution is -2.31. The normalized spacial score (nSPS) is 17.0. The number of rotatable bonds is 22. The zero-order chi connectivity index (χ0) is 36.8. The first-order valence-corrected chi connectivity index (χ1v) is 23.1. The van der Waals surface area contributed by atoms with Gasteiger partial charge < -0.3 is 4.42 Å². The van der Waals surface area contributed by atoms with Gasteiger partial charge in [0, 0.05) is 30.9 Å². The molecule has 0 N–H and O–H groups in total. The van der Waals surface area contributed by atoms with Gasteiger partial charge in [0.25, 0.3) is 11.8 Å². The van der Waals surface area contributed by atoms with E-state index in [2.05, 4.69) is 58.9 Å². The van der Waals surface area contributed by atoms with Crippen molar-refractivity contribution in [3.8, 4) is 20.4 Å². The number of hydrogen-bond acceptors (Lipinski definition) is 6. The van der Waals surface area contributed by atoms with Gasteiger partial charge in [-0.2, -0.15) is 0 Å². The molecule has 0 spiro atoms. The second kappa shape index (κ2) is 17.8. The van der Waals surface area contributed by atoms with Crippen LogP contribution in [0.1, 0.15) is 189 Å². The Morgan fingerprint density at radius 2 is 1.33 bits per heavy atom. The van der Waals surface area contributed by atoms with Crippen LogP contribution in [0, 0.1) is 19.8 Å². The number of carbonyl (C=O) groups is 2. The second-order valence-electron chi connectivity index (χ2n) is 15.6. The van der Waals surface area contributed by atoms with Crippen LogP contribution in [0.4, 0.5) is 0 Å². The molecule has 4 aromatic rings. The van der Waals surface area contributed by atoms with Crippen molar-refractivity contribution in [3.63, 3.8) is 0 Å². The lowest BCUT2D eigenvalue weighted by molar-refractivity contribution is 0.0648. The van der Waals surface area contributed by atoms with Crippen molar-refractivity contribution < 1.29 is 14.0 Å². The Kier molecular flexibility index (Phi) is 13.4. The van der Waals surface area contributed by atoms with Crippen molar-refractivity contribution in [1.82, 2.24) is 4.90 Å². The van der Waals surface area contributed by atoms with Crippen LogP contribution in [-0.4, -0.2) is 23.3 Å². The van der Waals surface area contributed by atoms with Crippen molar-refractivity contribution in [2.75, 3.05) is 6.54 Å². The molecule has 0 radical (unpaired) electrons. The molecular formula is C45H61NO3S3. The summed E-state index contributed by atoms with van der Waals surface area (Å²) in [6, 6.07) is 9.70. The highest BCUT2D eigenvalue weighted by Crippen LogP contribution is 2.63. The fraction of sp³-hybridized carbons (Fsp3) is 0.600. The average molecular weight is 760 g/mol. The van der Waals surface area contributed by atoms with E-state index in [1.807, 2.05) is 29.6 Å². The third-order valence-electron chi connectivity index (χ3n) is 11.6. The minimum absolute atomic E-state index is 0.182. The number of hydrogen-bond donors (Lipinski definition) is 0. The van der Waals surface area contributed by atoms with Crippen LogP contribution in [0.25, 0.3) is 20.4 Å². The smallest absolute Gasteiger partial charge is 0.265 e. The molecule has 7 heteroatoms. The van der Waals surface area contributed by atoms with Crippen molar-refractivity contribution in [3.05, 3.63) is 66.9 Å².